The van der Waals surface area contributed by atoms with Crippen molar-refractivity contribution in [1.82, 2.24) is 0 Å². The summed E-state index contributed by atoms with van der Waals surface area (Å²) in [7, 11) is 0. The molecule has 2 rings (SSSR count). The molecule has 0 radical (unpaired) electrons. The van der Waals surface area contributed by atoms with Crippen molar-refractivity contribution in [3.8, 4) is 5.75 Å². The fourth-order valence-corrected chi connectivity index (χ4v) is 2.71. The molecule has 2 aromatic carbocycles. The standard InChI is InChI=1S/C18H20ClNO2S/c1-2-3-12-22-17-7-5-4-6-16(17)20-18(21)13-23-15-10-8-14(19)9-11-15/h4-11H,2-3,12-13H2,1H3,(H,20,21). The van der Waals surface area contributed by atoms with Crippen molar-refractivity contribution in [2.24, 2.45) is 0 Å². The number of halogens is 1. The number of benzene rings is 2. The number of rotatable bonds is 8. The van der Waals surface area contributed by atoms with Crippen LogP contribution in [0.15, 0.2) is 53.4 Å². The zero-order valence-electron chi connectivity index (χ0n) is 13.0. The third-order valence-corrected chi connectivity index (χ3v) is 4.36. The number of nitrogens with one attached hydrogen (secondary N) is 1. The van der Waals surface area contributed by atoms with Gasteiger partial charge < -0.3 is 10.1 Å². The maximum atomic E-state index is 12.1. The molecular formula is C18H20ClNO2S. The second kappa shape index (κ2) is 9.48. The van der Waals surface area contributed by atoms with E-state index in [1.54, 1.807) is 0 Å². The molecular weight excluding hydrogens is 330 g/mol. The van der Waals surface area contributed by atoms with Gasteiger partial charge in [0, 0.05) is 9.92 Å². The van der Waals surface area contributed by atoms with E-state index >= 15 is 0 Å². The second-order valence-corrected chi connectivity index (χ2v) is 6.47. The maximum Gasteiger partial charge on any atom is 0.234 e. The quantitative estimate of drug-likeness (QED) is 0.522. The van der Waals surface area contributed by atoms with Gasteiger partial charge in [-0.15, -0.1) is 11.8 Å². The number of amides is 1. The van der Waals surface area contributed by atoms with Gasteiger partial charge in [0.25, 0.3) is 0 Å². The summed E-state index contributed by atoms with van der Waals surface area (Å²) in [5, 5.41) is 3.60. The maximum absolute atomic E-state index is 12.1. The first-order valence-electron chi connectivity index (χ1n) is 7.59. The van der Waals surface area contributed by atoms with Crippen molar-refractivity contribution in [3.63, 3.8) is 0 Å². The SMILES string of the molecule is CCCCOc1ccccc1NC(=O)CSc1ccc(Cl)cc1. The van der Waals surface area contributed by atoms with Crippen LogP contribution in [0.5, 0.6) is 5.75 Å². The molecule has 1 N–H and O–H groups in total. The van der Waals surface area contributed by atoms with Gasteiger partial charge in [0.05, 0.1) is 18.0 Å². The van der Waals surface area contributed by atoms with Gasteiger partial charge in [-0.05, 0) is 42.8 Å². The van der Waals surface area contributed by atoms with Crippen molar-refractivity contribution in [2.75, 3.05) is 17.7 Å². The average molecular weight is 350 g/mol. The number of hydrogen-bond acceptors (Lipinski definition) is 3. The Hall–Kier alpha value is -1.65. The summed E-state index contributed by atoms with van der Waals surface area (Å²) in [6.07, 6.45) is 2.07. The molecule has 0 fully saturated rings. The summed E-state index contributed by atoms with van der Waals surface area (Å²) in [5.74, 6) is 0.993. The number of hydrogen-bond donors (Lipinski definition) is 1. The van der Waals surface area contributed by atoms with Crippen molar-refractivity contribution < 1.29 is 9.53 Å². The topological polar surface area (TPSA) is 38.3 Å². The zero-order valence-corrected chi connectivity index (χ0v) is 14.6. The number of ether oxygens (including phenoxy) is 1. The molecule has 3 nitrogen and oxygen atoms in total. The summed E-state index contributed by atoms with van der Waals surface area (Å²) in [5.41, 5.74) is 0.713. The van der Waals surface area contributed by atoms with E-state index in [9.17, 15) is 4.79 Å². The molecule has 0 aromatic heterocycles. The van der Waals surface area contributed by atoms with Gasteiger partial charge in [0.2, 0.25) is 5.91 Å². The second-order valence-electron chi connectivity index (χ2n) is 4.99. The number of unbranched alkanes of at least 4 members (excludes halogenated alkanes) is 1. The van der Waals surface area contributed by atoms with Crippen LogP contribution >= 0.6 is 23.4 Å². The van der Waals surface area contributed by atoms with Gasteiger partial charge in [-0.3, -0.25) is 4.79 Å². The summed E-state index contributed by atoms with van der Waals surface area (Å²) in [6.45, 7) is 2.77. The lowest BCUT2D eigenvalue weighted by Gasteiger charge is -2.12. The molecule has 0 bridgehead atoms. The Bertz CT molecular complexity index is 631. The van der Waals surface area contributed by atoms with Gasteiger partial charge >= 0.3 is 0 Å². The van der Waals surface area contributed by atoms with Gasteiger partial charge in [-0.2, -0.15) is 0 Å². The molecule has 122 valence electrons. The molecule has 23 heavy (non-hydrogen) atoms. The van der Waals surface area contributed by atoms with Crippen LogP contribution in [0, 0.1) is 0 Å². The third kappa shape index (κ3) is 6.16. The van der Waals surface area contributed by atoms with E-state index in [2.05, 4.69) is 12.2 Å². The van der Waals surface area contributed by atoms with Gasteiger partial charge in [0.1, 0.15) is 5.75 Å². The minimum absolute atomic E-state index is 0.0588. The number of thioether (sulfide) groups is 1. The minimum Gasteiger partial charge on any atom is -0.491 e. The smallest absolute Gasteiger partial charge is 0.234 e. The predicted octanol–water partition coefficient (Wildman–Crippen LogP) is 5.25. The van der Waals surface area contributed by atoms with Gasteiger partial charge in [-0.25, -0.2) is 0 Å². The van der Waals surface area contributed by atoms with Crippen molar-refractivity contribution >= 4 is 35.0 Å². The Morgan fingerprint density at radius 3 is 2.65 bits per heavy atom. The first-order chi connectivity index (χ1) is 11.2. The van der Waals surface area contributed by atoms with Gasteiger partial charge in [-0.1, -0.05) is 37.1 Å². The highest BCUT2D eigenvalue weighted by Crippen LogP contribution is 2.25. The molecule has 0 heterocycles. The van der Waals surface area contributed by atoms with E-state index in [1.807, 2.05) is 48.5 Å². The highest BCUT2D eigenvalue weighted by atomic mass is 35.5. The van der Waals surface area contributed by atoms with E-state index in [4.69, 9.17) is 16.3 Å². The Morgan fingerprint density at radius 2 is 1.91 bits per heavy atom. The van der Waals surface area contributed by atoms with Crippen molar-refractivity contribution in [3.05, 3.63) is 53.6 Å². The van der Waals surface area contributed by atoms with E-state index in [0.717, 1.165) is 17.7 Å². The fourth-order valence-electron chi connectivity index (χ4n) is 1.89. The van der Waals surface area contributed by atoms with Crippen LogP contribution in [0.4, 0.5) is 5.69 Å². The summed E-state index contributed by atoms with van der Waals surface area (Å²) in [4.78, 5) is 13.1. The van der Waals surface area contributed by atoms with E-state index in [-0.39, 0.29) is 5.91 Å². The molecule has 0 atom stereocenters. The molecule has 0 aliphatic carbocycles. The van der Waals surface area contributed by atoms with Crippen LogP contribution in [-0.2, 0) is 4.79 Å². The number of carbonyl (C=O) groups excluding carboxylic acids is 1. The number of anilines is 1. The molecule has 0 saturated heterocycles. The zero-order chi connectivity index (χ0) is 16.5. The van der Waals surface area contributed by atoms with E-state index in [0.29, 0.717) is 28.8 Å². The monoisotopic (exact) mass is 349 g/mol. The Morgan fingerprint density at radius 1 is 1.17 bits per heavy atom. The fraction of sp³-hybridized carbons (Fsp3) is 0.278. The number of carbonyl (C=O) groups is 1. The summed E-state index contributed by atoms with van der Waals surface area (Å²) in [6, 6.07) is 15.0. The third-order valence-electron chi connectivity index (χ3n) is 3.10. The lowest BCUT2D eigenvalue weighted by atomic mass is 10.3. The van der Waals surface area contributed by atoms with E-state index < -0.39 is 0 Å². The molecule has 0 unspecified atom stereocenters. The predicted molar refractivity (Wildman–Crippen MR) is 97.7 cm³/mol. The van der Waals surface area contributed by atoms with Crippen LogP contribution < -0.4 is 10.1 Å². The average Bonchev–Trinajstić information content (AvgIpc) is 2.56. The Labute approximate surface area is 146 Å². The van der Waals surface area contributed by atoms with E-state index in [1.165, 1.54) is 11.8 Å². The number of para-hydroxylation sites is 2. The lowest BCUT2D eigenvalue weighted by Crippen LogP contribution is -2.15. The Kier molecular flexibility index (Phi) is 7.30. The highest BCUT2D eigenvalue weighted by Gasteiger charge is 2.08. The first kappa shape index (κ1) is 17.7. The van der Waals surface area contributed by atoms with Crippen molar-refractivity contribution in [1.29, 1.82) is 0 Å². The minimum atomic E-state index is -0.0588. The van der Waals surface area contributed by atoms with Crippen LogP contribution in [0.1, 0.15) is 19.8 Å². The van der Waals surface area contributed by atoms with Crippen molar-refractivity contribution in [2.45, 2.75) is 24.7 Å². The first-order valence-corrected chi connectivity index (χ1v) is 8.95. The lowest BCUT2D eigenvalue weighted by molar-refractivity contribution is -0.113. The summed E-state index contributed by atoms with van der Waals surface area (Å²) < 4.78 is 5.72. The van der Waals surface area contributed by atoms with Crippen LogP contribution in [0.2, 0.25) is 5.02 Å². The highest BCUT2D eigenvalue weighted by molar-refractivity contribution is 8.00. The molecule has 5 heteroatoms. The Balaban J connectivity index is 1.88. The largest absolute Gasteiger partial charge is 0.491 e. The molecule has 0 saturated carbocycles. The molecule has 1 amide bonds. The normalized spacial score (nSPS) is 10.3. The molecule has 0 aliphatic rings. The van der Waals surface area contributed by atoms with Crippen LogP contribution in [-0.4, -0.2) is 18.3 Å². The van der Waals surface area contributed by atoms with Gasteiger partial charge in [0.15, 0.2) is 0 Å². The van der Waals surface area contributed by atoms with Crippen LogP contribution in [0.3, 0.4) is 0 Å². The summed E-state index contributed by atoms with van der Waals surface area (Å²) >= 11 is 7.32. The van der Waals surface area contributed by atoms with Crippen LogP contribution in [0.25, 0.3) is 0 Å². The molecule has 2 aromatic rings. The molecule has 0 aliphatic heterocycles. The molecule has 0 spiro atoms.